The van der Waals surface area contributed by atoms with Crippen molar-refractivity contribution in [3.63, 3.8) is 0 Å². The molecule has 96 valence electrons. The molecule has 0 atom stereocenters. The fourth-order valence-electron chi connectivity index (χ4n) is 1.59. The third-order valence-electron chi connectivity index (χ3n) is 2.47. The molecule has 0 radical (unpaired) electrons. The largest absolute Gasteiger partial charge is 0.478 e. The van der Waals surface area contributed by atoms with E-state index in [0.717, 1.165) is 17.2 Å². The number of aromatic nitrogens is 2. The second kappa shape index (κ2) is 6.35. The van der Waals surface area contributed by atoms with Gasteiger partial charge in [-0.15, -0.1) is 0 Å². The smallest absolute Gasteiger partial charge is 0.328 e. The van der Waals surface area contributed by atoms with Crippen LogP contribution in [0.25, 0.3) is 12.2 Å². The van der Waals surface area contributed by atoms with E-state index < -0.39 is 5.97 Å². The van der Waals surface area contributed by atoms with Gasteiger partial charge in [-0.3, -0.25) is 4.68 Å². The molecule has 0 amide bonds. The lowest BCUT2D eigenvalue weighted by Gasteiger charge is -1.94. The second-order valence-electron chi connectivity index (χ2n) is 3.98. The summed E-state index contributed by atoms with van der Waals surface area (Å²) >= 11 is 0. The molecular weight excluding hydrogens is 240 g/mol. The summed E-state index contributed by atoms with van der Waals surface area (Å²) in [5, 5.41) is 12.7. The molecule has 0 aliphatic heterocycles. The number of nitrogens with zero attached hydrogens (tertiary/aromatic N) is 2. The molecule has 1 aromatic heterocycles. The Kier molecular flexibility index (Phi) is 4.29. The van der Waals surface area contributed by atoms with Gasteiger partial charge in [-0.2, -0.15) is 5.10 Å². The van der Waals surface area contributed by atoms with E-state index in [4.69, 9.17) is 5.11 Å². The van der Waals surface area contributed by atoms with Gasteiger partial charge in [-0.1, -0.05) is 42.5 Å². The Balaban J connectivity index is 1.94. The Morgan fingerprint density at radius 3 is 2.74 bits per heavy atom. The second-order valence-corrected chi connectivity index (χ2v) is 3.98. The standard InChI is InChI=1S/C15H14N2O2/c18-15(19)9-8-14-11-16-17(12-14)10-4-7-13-5-2-1-3-6-13/h1-9,11-12H,10H2,(H,18,19)/b7-4+,9-8+. The summed E-state index contributed by atoms with van der Waals surface area (Å²) in [6, 6.07) is 10.0. The molecule has 0 saturated heterocycles. The van der Waals surface area contributed by atoms with Crippen LogP contribution < -0.4 is 0 Å². The summed E-state index contributed by atoms with van der Waals surface area (Å²) in [4.78, 5) is 10.4. The summed E-state index contributed by atoms with van der Waals surface area (Å²) in [6.07, 6.45) is 10.1. The summed E-state index contributed by atoms with van der Waals surface area (Å²) in [5.41, 5.74) is 1.91. The van der Waals surface area contributed by atoms with Crippen LogP contribution in [0.1, 0.15) is 11.1 Å². The van der Waals surface area contributed by atoms with Gasteiger partial charge in [0.15, 0.2) is 0 Å². The Morgan fingerprint density at radius 2 is 2.00 bits per heavy atom. The number of rotatable bonds is 5. The van der Waals surface area contributed by atoms with Crippen LogP contribution in [0, 0.1) is 0 Å². The minimum absolute atomic E-state index is 0.649. The molecule has 0 bridgehead atoms. The van der Waals surface area contributed by atoms with Gasteiger partial charge in [-0.25, -0.2) is 4.79 Å². The highest BCUT2D eigenvalue weighted by atomic mass is 16.4. The van der Waals surface area contributed by atoms with Crippen LogP contribution in [0.5, 0.6) is 0 Å². The molecular formula is C15H14N2O2. The monoisotopic (exact) mass is 254 g/mol. The number of carboxylic acid groups (broad SMARTS) is 1. The van der Waals surface area contributed by atoms with Crippen LogP contribution in [0.4, 0.5) is 0 Å². The quantitative estimate of drug-likeness (QED) is 0.835. The molecule has 0 saturated carbocycles. The summed E-state index contributed by atoms with van der Waals surface area (Å²) < 4.78 is 1.75. The predicted molar refractivity (Wildman–Crippen MR) is 74.4 cm³/mol. The lowest BCUT2D eigenvalue weighted by molar-refractivity contribution is -0.131. The molecule has 4 nitrogen and oxygen atoms in total. The Bertz CT molecular complexity index is 598. The van der Waals surface area contributed by atoms with E-state index in [9.17, 15) is 4.79 Å². The first-order chi connectivity index (χ1) is 9.24. The van der Waals surface area contributed by atoms with Gasteiger partial charge >= 0.3 is 5.97 Å². The molecule has 0 fully saturated rings. The molecule has 0 aliphatic carbocycles. The van der Waals surface area contributed by atoms with E-state index in [1.165, 1.54) is 6.08 Å². The Morgan fingerprint density at radius 1 is 1.21 bits per heavy atom. The first kappa shape index (κ1) is 12.8. The van der Waals surface area contributed by atoms with Crippen molar-refractivity contribution >= 4 is 18.1 Å². The van der Waals surface area contributed by atoms with E-state index in [0.29, 0.717) is 6.54 Å². The van der Waals surface area contributed by atoms with E-state index in [1.807, 2.05) is 42.5 Å². The highest BCUT2D eigenvalue weighted by molar-refractivity contribution is 5.85. The highest BCUT2D eigenvalue weighted by Crippen LogP contribution is 2.03. The van der Waals surface area contributed by atoms with Crippen molar-refractivity contribution in [3.05, 3.63) is 66.0 Å². The van der Waals surface area contributed by atoms with Crippen LogP contribution in [0.15, 0.2) is 54.9 Å². The minimum atomic E-state index is -0.961. The lowest BCUT2D eigenvalue weighted by atomic mass is 10.2. The Labute approximate surface area is 111 Å². The number of carbonyl (C=O) groups is 1. The normalized spacial score (nSPS) is 11.4. The van der Waals surface area contributed by atoms with Crippen molar-refractivity contribution < 1.29 is 9.90 Å². The molecule has 0 unspecified atom stereocenters. The fraction of sp³-hybridized carbons (Fsp3) is 0.0667. The zero-order chi connectivity index (χ0) is 13.5. The molecule has 0 spiro atoms. The van der Waals surface area contributed by atoms with Crippen molar-refractivity contribution in [2.24, 2.45) is 0 Å². The first-order valence-electron chi connectivity index (χ1n) is 5.89. The highest BCUT2D eigenvalue weighted by Gasteiger charge is 1.94. The van der Waals surface area contributed by atoms with Crippen molar-refractivity contribution in [2.75, 3.05) is 0 Å². The summed E-state index contributed by atoms with van der Waals surface area (Å²) in [6.45, 7) is 0.649. The first-order valence-corrected chi connectivity index (χ1v) is 5.89. The van der Waals surface area contributed by atoms with Crippen molar-refractivity contribution in [1.29, 1.82) is 0 Å². The van der Waals surface area contributed by atoms with Gasteiger partial charge in [0.25, 0.3) is 0 Å². The maximum Gasteiger partial charge on any atom is 0.328 e. The molecule has 4 heteroatoms. The third-order valence-corrected chi connectivity index (χ3v) is 2.47. The van der Waals surface area contributed by atoms with Crippen LogP contribution in [0.2, 0.25) is 0 Å². The number of allylic oxidation sites excluding steroid dienone is 1. The van der Waals surface area contributed by atoms with Crippen LogP contribution in [-0.2, 0) is 11.3 Å². The summed E-state index contributed by atoms with van der Waals surface area (Å²) in [5.74, 6) is -0.961. The van der Waals surface area contributed by atoms with Gasteiger partial charge < -0.3 is 5.11 Å². The summed E-state index contributed by atoms with van der Waals surface area (Å²) in [7, 11) is 0. The molecule has 0 aliphatic rings. The van der Waals surface area contributed by atoms with Crippen molar-refractivity contribution in [3.8, 4) is 0 Å². The van der Waals surface area contributed by atoms with E-state index in [2.05, 4.69) is 5.10 Å². The van der Waals surface area contributed by atoms with Crippen LogP contribution in [0.3, 0.4) is 0 Å². The lowest BCUT2D eigenvalue weighted by Crippen LogP contribution is -1.94. The molecule has 1 heterocycles. The van der Waals surface area contributed by atoms with E-state index >= 15 is 0 Å². The average molecular weight is 254 g/mol. The average Bonchev–Trinajstić information content (AvgIpc) is 2.86. The third kappa shape index (κ3) is 4.27. The van der Waals surface area contributed by atoms with Gasteiger partial charge in [0, 0.05) is 17.8 Å². The van der Waals surface area contributed by atoms with Gasteiger partial charge in [0.2, 0.25) is 0 Å². The van der Waals surface area contributed by atoms with Gasteiger partial charge in [-0.05, 0) is 11.6 Å². The SMILES string of the molecule is O=C(O)/C=C/c1cnn(C/C=C/c2ccccc2)c1. The maximum absolute atomic E-state index is 10.4. The predicted octanol–water partition coefficient (Wildman–Crippen LogP) is 2.69. The number of carboxylic acids is 1. The molecule has 2 rings (SSSR count). The van der Waals surface area contributed by atoms with Gasteiger partial charge in [0.05, 0.1) is 12.7 Å². The van der Waals surface area contributed by atoms with Crippen LogP contribution in [-0.4, -0.2) is 20.9 Å². The molecule has 1 aromatic carbocycles. The number of hydrogen-bond donors (Lipinski definition) is 1. The van der Waals surface area contributed by atoms with Crippen molar-refractivity contribution in [2.45, 2.75) is 6.54 Å². The number of benzene rings is 1. The Hall–Kier alpha value is -2.62. The zero-order valence-electron chi connectivity index (χ0n) is 10.3. The molecule has 19 heavy (non-hydrogen) atoms. The van der Waals surface area contributed by atoms with Crippen molar-refractivity contribution in [1.82, 2.24) is 9.78 Å². The zero-order valence-corrected chi connectivity index (χ0v) is 10.3. The fourth-order valence-corrected chi connectivity index (χ4v) is 1.59. The topological polar surface area (TPSA) is 55.1 Å². The maximum atomic E-state index is 10.4. The number of hydrogen-bond acceptors (Lipinski definition) is 2. The van der Waals surface area contributed by atoms with Crippen LogP contribution >= 0.6 is 0 Å². The number of aliphatic carboxylic acids is 1. The van der Waals surface area contributed by atoms with E-state index in [-0.39, 0.29) is 0 Å². The van der Waals surface area contributed by atoms with Gasteiger partial charge in [0.1, 0.15) is 0 Å². The minimum Gasteiger partial charge on any atom is -0.478 e. The molecule has 2 aromatic rings. The molecule has 1 N–H and O–H groups in total. The van der Waals surface area contributed by atoms with E-state index in [1.54, 1.807) is 17.1 Å².